The number of hydrogen-bond donors (Lipinski definition) is 2. The van der Waals surface area contributed by atoms with Gasteiger partial charge in [-0.1, -0.05) is 11.6 Å². The van der Waals surface area contributed by atoms with Crippen LogP contribution in [-0.4, -0.2) is 60.2 Å². The molecule has 1 unspecified atom stereocenters. The molecular formula is C25H35ClN6O2. The van der Waals surface area contributed by atoms with E-state index in [9.17, 15) is 4.79 Å². The molecule has 4 rings (SSSR count). The minimum Gasteiger partial charge on any atom is -0.478 e. The second-order valence-electron chi connectivity index (χ2n) is 9.43. The largest absolute Gasteiger partial charge is 0.478 e. The van der Waals surface area contributed by atoms with E-state index < -0.39 is 0 Å². The number of piperidine rings is 1. The number of carbonyl (C=O) groups excluding carboxylic acids is 1. The molecule has 0 aromatic carbocycles. The van der Waals surface area contributed by atoms with Crippen LogP contribution in [0.3, 0.4) is 0 Å². The van der Waals surface area contributed by atoms with Crippen molar-refractivity contribution in [1.82, 2.24) is 25.6 Å². The molecule has 0 bridgehead atoms. The zero-order valence-corrected chi connectivity index (χ0v) is 20.9. The van der Waals surface area contributed by atoms with Crippen LogP contribution in [0.4, 0.5) is 5.95 Å². The summed E-state index contributed by atoms with van der Waals surface area (Å²) < 4.78 is 5.94. The molecular weight excluding hydrogens is 452 g/mol. The Morgan fingerprint density at radius 2 is 1.97 bits per heavy atom. The molecule has 1 atom stereocenters. The molecule has 0 spiro atoms. The molecule has 2 N–H and O–H groups in total. The van der Waals surface area contributed by atoms with Crippen molar-refractivity contribution >= 4 is 23.5 Å². The first kappa shape index (κ1) is 24.7. The molecule has 2 aliphatic heterocycles. The van der Waals surface area contributed by atoms with Crippen molar-refractivity contribution in [3.05, 3.63) is 40.3 Å². The van der Waals surface area contributed by atoms with Crippen LogP contribution in [0.2, 0.25) is 5.02 Å². The molecule has 2 aliphatic rings. The number of aryl methyl sites for hydroxylation is 2. The fourth-order valence-corrected chi connectivity index (χ4v) is 4.96. The van der Waals surface area contributed by atoms with E-state index in [2.05, 4.69) is 30.5 Å². The first-order valence-electron chi connectivity index (χ1n) is 12.3. The zero-order chi connectivity index (χ0) is 23.9. The second kappa shape index (κ2) is 11.8. The number of hydrogen-bond acceptors (Lipinski definition) is 7. The molecule has 2 fully saturated rings. The summed E-state index contributed by atoms with van der Waals surface area (Å²) in [6.45, 7) is 9.10. The molecule has 4 heterocycles. The van der Waals surface area contributed by atoms with E-state index in [1.807, 2.05) is 19.9 Å². The lowest BCUT2D eigenvalue weighted by Gasteiger charge is -2.31. The number of nitrogens with one attached hydrogen (secondary N) is 2. The predicted molar refractivity (Wildman–Crippen MR) is 134 cm³/mol. The number of anilines is 1. The molecule has 8 nitrogen and oxygen atoms in total. The van der Waals surface area contributed by atoms with Crippen molar-refractivity contribution in [1.29, 1.82) is 0 Å². The smallest absolute Gasteiger partial charge is 0.253 e. The highest BCUT2D eigenvalue weighted by Gasteiger charge is 2.21. The second-order valence-corrected chi connectivity index (χ2v) is 9.87. The molecule has 9 heteroatoms. The molecule has 184 valence electrons. The Morgan fingerprint density at radius 1 is 1.21 bits per heavy atom. The monoisotopic (exact) mass is 486 g/mol. The summed E-state index contributed by atoms with van der Waals surface area (Å²) in [6, 6.07) is 1.88. The van der Waals surface area contributed by atoms with E-state index in [1.54, 1.807) is 12.4 Å². The standard InChI is InChI=1S/C25H35ClN6O2/c1-17-12-22(31-18(2)23(17)24(33)28-14-20-5-8-27-13-20)34-11-3-4-19-6-9-32(10-7-19)25-29-15-21(26)16-30-25/h12,15-16,19-20,27H,3-11,13-14H2,1-2H3,(H,28,33). The normalized spacial score (nSPS) is 18.8. The van der Waals surface area contributed by atoms with Crippen LogP contribution in [0.15, 0.2) is 18.5 Å². The molecule has 2 aromatic heterocycles. The fraction of sp³-hybridized carbons (Fsp3) is 0.600. The first-order chi connectivity index (χ1) is 16.5. The molecule has 0 radical (unpaired) electrons. The molecule has 1 amide bonds. The third kappa shape index (κ3) is 6.57. The number of ether oxygens (including phenoxy) is 1. The molecule has 34 heavy (non-hydrogen) atoms. The Bertz CT molecular complexity index is 933. The van der Waals surface area contributed by atoms with Crippen LogP contribution in [0.5, 0.6) is 5.88 Å². The summed E-state index contributed by atoms with van der Waals surface area (Å²) >= 11 is 5.88. The maximum atomic E-state index is 12.7. The van der Waals surface area contributed by atoms with Gasteiger partial charge < -0.3 is 20.3 Å². The van der Waals surface area contributed by atoms with Crippen molar-refractivity contribution in [2.75, 3.05) is 44.2 Å². The van der Waals surface area contributed by atoms with Crippen molar-refractivity contribution in [2.45, 2.75) is 46.0 Å². The Labute approximate surface area is 206 Å². The van der Waals surface area contributed by atoms with Crippen molar-refractivity contribution in [3.8, 4) is 5.88 Å². The van der Waals surface area contributed by atoms with Gasteiger partial charge in [-0.05, 0) is 76.4 Å². The maximum Gasteiger partial charge on any atom is 0.253 e. The molecule has 2 aromatic rings. The summed E-state index contributed by atoms with van der Waals surface area (Å²) in [4.78, 5) is 28.1. The van der Waals surface area contributed by atoms with Crippen LogP contribution in [-0.2, 0) is 0 Å². The van der Waals surface area contributed by atoms with E-state index in [0.717, 1.165) is 69.8 Å². The number of pyridine rings is 1. The number of nitrogens with zero attached hydrogens (tertiary/aromatic N) is 4. The Balaban J connectivity index is 1.18. The minimum absolute atomic E-state index is 0.0451. The van der Waals surface area contributed by atoms with Gasteiger partial charge in [0.25, 0.3) is 5.91 Å². The number of aromatic nitrogens is 3. The van der Waals surface area contributed by atoms with Gasteiger partial charge in [-0.2, -0.15) is 0 Å². The van der Waals surface area contributed by atoms with E-state index in [0.29, 0.717) is 47.1 Å². The average Bonchev–Trinajstić information content (AvgIpc) is 3.35. The first-order valence-corrected chi connectivity index (χ1v) is 12.7. The lowest BCUT2D eigenvalue weighted by Crippen LogP contribution is -2.34. The third-order valence-corrected chi connectivity index (χ3v) is 7.02. The van der Waals surface area contributed by atoms with Crippen LogP contribution in [0.1, 0.15) is 53.7 Å². The minimum atomic E-state index is -0.0451. The van der Waals surface area contributed by atoms with E-state index in [4.69, 9.17) is 16.3 Å². The summed E-state index contributed by atoms with van der Waals surface area (Å²) in [6.07, 6.45) is 8.78. The number of amides is 1. The van der Waals surface area contributed by atoms with Gasteiger partial charge in [0, 0.05) is 25.7 Å². The van der Waals surface area contributed by atoms with Crippen LogP contribution >= 0.6 is 11.6 Å². The SMILES string of the molecule is Cc1cc(OCCCC2CCN(c3ncc(Cl)cn3)CC2)nc(C)c1C(=O)NCC1CCNC1. The number of rotatable bonds is 9. The number of carbonyl (C=O) groups is 1. The van der Waals surface area contributed by atoms with Gasteiger partial charge in [-0.15, -0.1) is 0 Å². The molecule has 0 saturated carbocycles. The highest BCUT2D eigenvalue weighted by Crippen LogP contribution is 2.25. The summed E-state index contributed by atoms with van der Waals surface area (Å²) in [5.74, 6) is 2.51. The quantitative estimate of drug-likeness (QED) is 0.523. The van der Waals surface area contributed by atoms with Gasteiger partial charge >= 0.3 is 0 Å². The Kier molecular flexibility index (Phi) is 8.56. The fourth-order valence-electron chi connectivity index (χ4n) is 4.87. The van der Waals surface area contributed by atoms with E-state index >= 15 is 0 Å². The third-order valence-electron chi connectivity index (χ3n) is 6.83. The average molecular weight is 487 g/mol. The topological polar surface area (TPSA) is 92.3 Å². The highest BCUT2D eigenvalue weighted by atomic mass is 35.5. The summed E-state index contributed by atoms with van der Waals surface area (Å²) in [7, 11) is 0. The van der Waals surface area contributed by atoms with Crippen molar-refractivity contribution in [2.24, 2.45) is 11.8 Å². The van der Waals surface area contributed by atoms with Crippen molar-refractivity contribution in [3.63, 3.8) is 0 Å². The Hall–Kier alpha value is -2.45. The summed E-state index contributed by atoms with van der Waals surface area (Å²) in [5, 5.41) is 6.96. The van der Waals surface area contributed by atoms with Crippen LogP contribution in [0.25, 0.3) is 0 Å². The zero-order valence-electron chi connectivity index (χ0n) is 20.1. The van der Waals surface area contributed by atoms with Gasteiger partial charge in [0.2, 0.25) is 11.8 Å². The van der Waals surface area contributed by atoms with Crippen LogP contribution in [0, 0.1) is 25.7 Å². The van der Waals surface area contributed by atoms with Gasteiger partial charge in [0.15, 0.2) is 0 Å². The maximum absolute atomic E-state index is 12.7. The van der Waals surface area contributed by atoms with Gasteiger partial charge in [0.1, 0.15) is 0 Å². The predicted octanol–water partition coefficient (Wildman–Crippen LogP) is 3.56. The number of halogens is 1. The van der Waals surface area contributed by atoms with E-state index in [1.165, 1.54) is 0 Å². The molecule has 2 saturated heterocycles. The van der Waals surface area contributed by atoms with Crippen molar-refractivity contribution < 1.29 is 9.53 Å². The molecule has 0 aliphatic carbocycles. The Morgan fingerprint density at radius 3 is 2.65 bits per heavy atom. The summed E-state index contributed by atoms with van der Waals surface area (Å²) in [5.41, 5.74) is 2.28. The van der Waals surface area contributed by atoms with Gasteiger partial charge in [0.05, 0.1) is 35.3 Å². The van der Waals surface area contributed by atoms with Gasteiger partial charge in [-0.25, -0.2) is 15.0 Å². The highest BCUT2D eigenvalue weighted by molar-refractivity contribution is 6.30. The van der Waals surface area contributed by atoms with E-state index in [-0.39, 0.29) is 5.91 Å². The lowest BCUT2D eigenvalue weighted by molar-refractivity contribution is 0.0946. The van der Waals surface area contributed by atoms with Crippen LogP contribution < -0.4 is 20.3 Å². The lowest BCUT2D eigenvalue weighted by atomic mass is 9.92. The van der Waals surface area contributed by atoms with Gasteiger partial charge in [-0.3, -0.25) is 4.79 Å².